The SMILES string of the molecule is COC1(C)CCCN(Cc2sc(CC(=O)c3cnc(N4CCC(C(=O)O)CC4)cn3)nc2-c2ccc(C)c(C)c2)C1. The lowest BCUT2D eigenvalue weighted by atomic mass is 9.94. The van der Waals surface area contributed by atoms with Crippen LogP contribution in [0.25, 0.3) is 11.3 Å². The van der Waals surface area contributed by atoms with Crippen LogP contribution in [0.15, 0.2) is 30.6 Å². The first-order valence-corrected chi connectivity index (χ1v) is 15.1. The van der Waals surface area contributed by atoms with Gasteiger partial charge in [-0.25, -0.2) is 15.0 Å². The lowest BCUT2D eigenvalue weighted by molar-refractivity contribution is -0.142. The Labute approximate surface area is 245 Å². The molecule has 10 heteroatoms. The van der Waals surface area contributed by atoms with E-state index in [4.69, 9.17) is 9.72 Å². The van der Waals surface area contributed by atoms with Gasteiger partial charge in [0.2, 0.25) is 0 Å². The van der Waals surface area contributed by atoms with Crippen LogP contribution in [0.2, 0.25) is 0 Å². The summed E-state index contributed by atoms with van der Waals surface area (Å²) in [6, 6.07) is 6.42. The van der Waals surface area contributed by atoms with Crippen LogP contribution in [0.5, 0.6) is 0 Å². The highest BCUT2D eigenvalue weighted by atomic mass is 32.1. The van der Waals surface area contributed by atoms with E-state index in [1.54, 1.807) is 24.6 Å². The zero-order valence-electron chi connectivity index (χ0n) is 24.4. The maximum absolute atomic E-state index is 13.2. The van der Waals surface area contributed by atoms with E-state index in [1.807, 2.05) is 4.90 Å². The molecule has 0 saturated carbocycles. The topological polar surface area (TPSA) is 109 Å². The zero-order chi connectivity index (χ0) is 29.1. The Morgan fingerprint density at radius 1 is 1.12 bits per heavy atom. The fourth-order valence-electron chi connectivity index (χ4n) is 5.72. The van der Waals surface area contributed by atoms with Crippen molar-refractivity contribution in [1.29, 1.82) is 0 Å². The molecule has 2 aliphatic heterocycles. The number of hydrogen-bond donors (Lipinski definition) is 1. The van der Waals surface area contributed by atoms with E-state index in [1.165, 1.54) is 17.3 Å². The number of hydrogen-bond acceptors (Lipinski definition) is 9. The molecule has 1 aromatic carbocycles. The second kappa shape index (κ2) is 12.3. The third-order valence-corrected chi connectivity index (χ3v) is 9.56. The van der Waals surface area contributed by atoms with E-state index < -0.39 is 5.97 Å². The number of methoxy groups -OCH3 is 1. The minimum absolute atomic E-state index is 0.120. The predicted molar refractivity (Wildman–Crippen MR) is 160 cm³/mol. The Balaban J connectivity index is 1.32. The summed E-state index contributed by atoms with van der Waals surface area (Å²) in [7, 11) is 1.79. The molecule has 4 heterocycles. The molecular weight excluding hydrogens is 538 g/mol. The maximum Gasteiger partial charge on any atom is 0.306 e. The van der Waals surface area contributed by atoms with Crippen LogP contribution in [-0.4, -0.2) is 75.6 Å². The number of likely N-dealkylation sites (tertiary alicyclic amines) is 1. The largest absolute Gasteiger partial charge is 0.481 e. The van der Waals surface area contributed by atoms with Gasteiger partial charge in [-0.2, -0.15) is 0 Å². The highest BCUT2D eigenvalue weighted by Gasteiger charge is 2.32. The number of aliphatic carboxylic acids is 1. The van der Waals surface area contributed by atoms with Gasteiger partial charge in [0.15, 0.2) is 5.78 Å². The number of aryl methyl sites for hydroxylation is 2. The summed E-state index contributed by atoms with van der Waals surface area (Å²) in [5.74, 6) is -0.502. The third-order valence-electron chi connectivity index (χ3n) is 8.52. The number of anilines is 1. The van der Waals surface area contributed by atoms with Crippen molar-refractivity contribution in [2.45, 2.75) is 65.0 Å². The highest BCUT2D eigenvalue weighted by Crippen LogP contribution is 2.33. The van der Waals surface area contributed by atoms with Crippen molar-refractivity contribution in [2.24, 2.45) is 5.92 Å². The van der Waals surface area contributed by atoms with Gasteiger partial charge in [0.05, 0.1) is 36.0 Å². The minimum atomic E-state index is -0.743. The Hall–Kier alpha value is -3.21. The van der Waals surface area contributed by atoms with Gasteiger partial charge in [-0.1, -0.05) is 12.1 Å². The maximum atomic E-state index is 13.2. The van der Waals surface area contributed by atoms with Crippen LogP contribution < -0.4 is 4.90 Å². The van der Waals surface area contributed by atoms with Crippen molar-refractivity contribution in [1.82, 2.24) is 19.9 Å². The molecule has 2 fully saturated rings. The molecule has 1 unspecified atom stereocenters. The van der Waals surface area contributed by atoms with Gasteiger partial charge in [0, 0.05) is 43.7 Å². The van der Waals surface area contributed by atoms with E-state index in [0.717, 1.165) is 53.6 Å². The standard InChI is InChI=1S/C31H39N5O4S/c1-20-6-7-23(14-21(20)2)29-26(18-35-11-5-10-31(3,19-35)40-4)41-28(34-29)15-25(37)24-16-33-27(17-32-24)36-12-8-22(9-13-36)30(38)39/h6-7,14,16-17,22H,5,8-13,15,18-19H2,1-4H3,(H,38,39). The number of nitrogens with zero attached hydrogens (tertiary/aromatic N) is 5. The summed E-state index contributed by atoms with van der Waals surface area (Å²) in [5, 5.41) is 10.0. The van der Waals surface area contributed by atoms with Crippen LogP contribution in [-0.2, 0) is 22.5 Å². The first-order chi connectivity index (χ1) is 19.6. The smallest absolute Gasteiger partial charge is 0.306 e. The van der Waals surface area contributed by atoms with Crippen molar-refractivity contribution >= 4 is 28.9 Å². The molecule has 0 amide bonds. The number of ketones is 1. The molecule has 0 radical (unpaired) electrons. The van der Waals surface area contributed by atoms with Crippen molar-refractivity contribution in [2.75, 3.05) is 38.2 Å². The van der Waals surface area contributed by atoms with Gasteiger partial charge in [-0.3, -0.25) is 14.5 Å². The first-order valence-electron chi connectivity index (χ1n) is 14.3. The summed E-state index contributed by atoms with van der Waals surface area (Å²) in [5.41, 5.74) is 4.62. The van der Waals surface area contributed by atoms with Crippen molar-refractivity contribution in [3.8, 4) is 11.3 Å². The molecule has 9 nitrogen and oxygen atoms in total. The van der Waals surface area contributed by atoms with E-state index >= 15 is 0 Å². The zero-order valence-corrected chi connectivity index (χ0v) is 25.2. The number of Topliss-reactive ketones (excluding diaryl/α,β-unsaturated/α-hetero) is 1. The normalized spacial score (nSPS) is 20.3. The van der Waals surface area contributed by atoms with Gasteiger partial charge >= 0.3 is 5.97 Å². The second-order valence-electron chi connectivity index (χ2n) is 11.6. The predicted octanol–water partition coefficient (Wildman–Crippen LogP) is 4.94. The van der Waals surface area contributed by atoms with Crippen molar-refractivity contribution in [3.05, 3.63) is 57.3 Å². The molecule has 5 rings (SSSR count). The molecule has 2 aromatic heterocycles. The summed E-state index contributed by atoms with van der Waals surface area (Å²) in [6.07, 6.45) is 6.59. The molecule has 0 aliphatic carbocycles. The summed E-state index contributed by atoms with van der Waals surface area (Å²) < 4.78 is 5.82. The molecule has 0 spiro atoms. The average molecular weight is 578 g/mol. The lowest BCUT2D eigenvalue weighted by Gasteiger charge is -2.39. The first kappa shape index (κ1) is 29.3. The van der Waals surface area contributed by atoms with E-state index in [0.29, 0.717) is 37.4 Å². The number of thiazole rings is 1. The quantitative estimate of drug-likeness (QED) is 0.354. The van der Waals surface area contributed by atoms with Crippen molar-refractivity contribution < 1.29 is 19.4 Å². The van der Waals surface area contributed by atoms with Crippen LogP contribution in [0.4, 0.5) is 5.82 Å². The Morgan fingerprint density at radius 2 is 1.90 bits per heavy atom. The Bertz CT molecular complexity index is 1400. The molecule has 41 heavy (non-hydrogen) atoms. The van der Waals surface area contributed by atoms with Gasteiger partial charge in [0.25, 0.3) is 0 Å². The molecule has 0 bridgehead atoms. The number of rotatable bonds is 9. The van der Waals surface area contributed by atoms with Crippen LogP contribution in [0, 0.1) is 19.8 Å². The average Bonchev–Trinajstić information content (AvgIpc) is 3.36. The Kier molecular flexibility index (Phi) is 8.82. The summed E-state index contributed by atoms with van der Waals surface area (Å²) >= 11 is 1.60. The van der Waals surface area contributed by atoms with E-state index in [9.17, 15) is 14.7 Å². The number of aromatic nitrogens is 3. The lowest BCUT2D eigenvalue weighted by Crippen LogP contribution is -2.46. The van der Waals surface area contributed by atoms with Crippen LogP contribution in [0.1, 0.15) is 64.1 Å². The van der Waals surface area contributed by atoms with Gasteiger partial charge < -0.3 is 14.7 Å². The Morgan fingerprint density at radius 3 is 2.56 bits per heavy atom. The fourth-order valence-corrected chi connectivity index (χ4v) is 6.85. The molecule has 1 N–H and O–H groups in total. The van der Waals surface area contributed by atoms with Crippen molar-refractivity contribution in [3.63, 3.8) is 0 Å². The number of carbonyl (C=O) groups excluding carboxylic acids is 1. The number of carboxylic acid groups (broad SMARTS) is 1. The van der Waals surface area contributed by atoms with E-state index in [2.05, 4.69) is 53.8 Å². The number of ether oxygens (including phenoxy) is 1. The molecule has 218 valence electrons. The van der Waals surface area contributed by atoms with E-state index in [-0.39, 0.29) is 23.7 Å². The van der Waals surface area contributed by atoms with Gasteiger partial charge in [-0.15, -0.1) is 11.3 Å². The molecule has 2 saturated heterocycles. The highest BCUT2D eigenvalue weighted by molar-refractivity contribution is 7.12. The molecule has 1 atom stereocenters. The van der Waals surface area contributed by atoms with Gasteiger partial charge in [-0.05, 0) is 70.2 Å². The molecule has 2 aliphatic rings. The fraction of sp³-hybridized carbons (Fsp3) is 0.516. The monoisotopic (exact) mass is 577 g/mol. The van der Waals surface area contributed by atoms with Gasteiger partial charge in [0.1, 0.15) is 16.5 Å². The number of benzene rings is 1. The molecular formula is C31H39N5O4S. The summed E-state index contributed by atoms with van der Waals surface area (Å²) in [6.45, 7) is 10.2. The molecule has 3 aromatic rings. The minimum Gasteiger partial charge on any atom is -0.481 e. The third kappa shape index (κ3) is 6.82. The van der Waals surface area contributed by atoms with Crippen LogP contribution in [0.3, 0.4) is 0 Å². The summed E-state index contributed by atoms with van der Waals surface area (Å²) in [4.78, 5) is 44.0. The number of piperidine rings is 2. The van der Waals surface area contributed by atoms with Crippen LogP contribution >= 0.6 is 11.3 Å². The second-order valence-corrected chi connectivity index (χ2v) is 12.8. The number of carboxylic acids is 1. The number of carbonyl (C=O) groups is 2.